The third-order valence-corrected chi connectivity index (χ3v) is 3.36. The van der Waals surface area contributed by atoms with Crippen molar-refractivity contribution in [1.29, 1.82) is 0 Å². The minimum absolute atomic E-state index is 0.0420. The molecule has 0 fully saturated rings. The smallest absolute Gasteiger partial charge is 0.496 e. The average molecular weight is 307 g/mol. The van der Waals surface area contributed by atoms with Gasteiger partial charge in [-0.3, -0.25) is 4.98 Å². The van der Waals surface area contributed by atoms with Gasteiger partial charge in [-0.15, -0.1) is 0 Å². The molecule has 108 valence electrons. The molecule has 0 aliphatic carbocycles. The molecule has 0 radical (unpaired) electrons. The predicted octanol–water partition coefficient (Wildman–Crippen LogP) is 2.47. The number of hydrogen-bond acceptors (Lipinski definition) is 5. The Labute approximate surface area is 112 Å². The van der Waals surface area contributed by atoms with Crippen LogP contribution in [0.1, 0.15) is 0 Å². The Balaban J connectivity index is 2.58. The fourth-order valence-electron chi connectivity index (χ4n) is 1.53. The fraction of sp³-hybridized carbons (Fsp3) is 0.182. The van der Waals surface area contributed by atoms with Gasteiger partial charge < -0.3 is 8.92 Å². The molecule has 1 aromatic heterocycles. The molecule has 0 amide bonds. The maximum atomic E-state index is 12.3. The van der Waals surface area contributed by atoms with Crippen LogP contribution in [0, 0.1) is 0 Å². The highest BCUT2D eigenvalue weighted by Gasteiger charge is 2.48. The minimum atomic E-state index is -5.74. The van der Waals surface area contributed by atoms with Gasteiger partial charge in [0, 0.05) is 11.6 Å². The van der Waals surface area contributed by atoms with Gasteiger partial charge in [0.25, 0.3) is 0 Å². The highest BCUT2D eigenvalue weighted by atomic mass is 32.2. The highest BCUT2D eigenvalue weighted by molar-refractivity contribution is 7.88. The van der Waals surface area contributed by atoms with E-state index in [0.29, 0.717) is 11.1 Å². The largest absolute Gasteiger partial charge is 0.534 e. The second kappa shape index (κ2) is 4.82. The van der Waals surface area contributed by atoms with Crippen LogP contribution in [0.5, 0.6) is 11.5 Å². The minimum Gasteiger partial charge on any atom is -0.496 e. The Morgan fingerprint density at radius 1 is 1.15 bits per heavy atom. The summed E-state index contributed by atoms with van der Waals surface area (Å²) in [6.45, 7) is 0. The maximum absolute atomic E-state index is 12.3. The molecule has 2 aromatic rings. The summed E-state index contributed by atoms with van der Waals surface area (Å²) in [7, 11) is -4.37. The quantitative estimate of drug-likeness (QED) is 0.644. The van der Waals surface area contributed by atoms with Gasteiger partial charge in [0.2, 0.25) is 0 Å². The van der Waals surface area contributed by atoms with E-state index >= 15 is 0 Å². The second-order valence-corrected chi connectivity index (χ2v) is 5.19. The number of hydrogen-bond donors (Lipinski definition) is 0. The van der Waals surface area contributed by atoms with Crippen LogP contribution in [0.4, 0.5) is 13.2 Å². The highest BCUT2D eigenvalue weighted by Crippen LogP contribution is 2.34. The normalized spacial score (nSPS) is 12.4. The van der Waals surface area contributed by atoms with Gasteiger partial charge in [0.15, 0.2) is 5.75 Å². The molecule has 9 heteroatoms. The van der Waals surface area contributed by atoms with Gasteiger partial charge in [0.1, 0.15) is 11.3 Å². The summed E-state index contributed by atoms with van der Waals surface area (Å²) in [5.74, 6) is -0.177. The van der Waals surface area contributed by atoms with Crippen molar-refractivity contribution in [3.63, 3.8) is 0 Å². The molecule has 0 spiro atoms. The van der Waals surface area contributed by atoms with Gasteiger partial charge >= 0.3 is 15.6 Å². The van der Waals surface area contributed by atoms with Crippen molar-refractivity contribution < 1.29 is 30.5 Å². The summed E-state index contributed by atoms with van der Waals surface area (Å²) in [5, 5.41) is 0.338. The molecule has 0 saturated heterocycles. The van der Waals surface area contributed by atoms with Gasteiger partial charge in [-0.25, -0.2) is 0 Å². The Hall–Kier alpha value is -2.03. The van der Waals surface area contributed by atoms with E-state index in [1.54, 1.807) is 0 Å². The first-order valence-corrected chi connectivity index (χ1v) is 6.59. The monoisotopic (exact) mass is 307 g/mol. The zero-order valence-corrected chi connectivity index (χ0v) is 10.8. The van der Waals surface area contributed by atoms with E-state index < -0.39 is 21.4 Å². The van der Waals surface area contributed by atoms with E-state index in [1.807, 2.05) is 0 Å². The van der Waals surface area contributed by atoms with E-state index in [4.69, 9.17) is 4.74 Å². The molecule has 0 aliphatic rings. The van der Waals surface area contributed by atoms with Crippen LogP contribution in [0.15, 0.2) is 30.5 Å². The molecular weight excluding hydrogens is 299 g/mol. The standard InChI is InChI=1S/C11H8F3NO4S/c1-18-8-4-5-9(10-7(8)3-2-6-15-10)19-20(16,17)11(12,13)14/h2-6H,1H3. The fourth-order valence-corrected chi connectivity index (χ4v) is 2.00. The number of nitrogens with zero attached hydrogens (tertiary/aromatic N) is 1. The molecule has 0 atom stereocenters. The van der Waals surface area contributed by atoms with Crippen LogP contribution in [0.2, 0.25) is 0 Å². The second-order valence-electron chi connectivity index (χ2n) is 3.65. The van der Waals surface area contributed by atoms with Crippen LogP contribution in [0.25, 0.3) is 10.9 Å². The Morgan fingerprint density at radius 3 is 2.40 bits per heavy atom. The lowest BCUT2D eigenvalue weighted by Gasteiger charge is -2.12. The van der Waals surface area contributed by atoms with Crippen LogP contribution >= 0.6 is 0 Å². The number of benzene rings is 1. The Bertz CT molecular complexity index is 743. The number of pyridine rings is 1. The van der Waals surface area contributed by atoms with Gasteiger partial charge in [-0.1, -0.05) is 0 Å². The SMILES string of the molecule is COc1ccc(OS(=O)(=O)C(F)(F)F)c2ncccc12. The van der Waals surface area contributed by atoms with E-state index in [0.717, 1.165) is 6.07 Å². The first kappa shape index (κ1) is 14.4. The first-order chi connectivity index (χ1) is 9.26. The number of ether oxygens (including phenoxy) is 1. The van der Waals surface area contributed by atoms with Crippen molar-refractivity contribution in [2.45, 2.75) is 5.51 Å². The molecule has 0 saturated carbocycles. The molecule has 0 N–H and O–H groups in total. The van der Waals surface area contributed by atoms with Crippen molar-refractivity contribution in [3.8, 4) is 11.5 Å². The molecule has 20 heavy (non-hydrogen) atoms. The van der Waals surface area contributed by atoms with E-state index in [2.05, 4.69) is 9.17 Å². The van der Waals surface area contributed by atoms with Crippen molar-refractivity contribution in [2.75, 3.05) is 7.11 Å². The number of rotatable bonds is 3. The van der Waals surface area contributed by atoms with Gasteiger partial charge in [-0.05, 0) is 24.3 Å². The number of aromatic nitrogens is 1. The van der Waals surface area contributed by atoms with E-state index in [1.165, 1.54) is 31.5 Å². The van der Waals surface area contributed by atoms with Crippen molar-refractivity contribution in [2.24, 2.45) is 0 Å². The molecule has 0 bridgehead atoms. The molecule has 0 aliphatic heterocycles. The van der Waals surface area contributed by atoms with Crippen LogP contribution in [-0.4, -0.2) is 26.0 Å². The van der Waals surface area contributed by atoms with Gasteiger partial charge in [-0.2, -0.15) is 21.6 Å². The summed E-state index contributed by atoms with van der Waals surface area (Å²) < 4.78 is 68.1. The predicted molar refractivity (Wildman–Crippen MR) is 63.9 cm³/mol. The molecule has 5 nitrogen and oxygen atoms in total. The number of fused-ring (bicyclic) bond motifs is 1. The van der Waals surface area contributed by atoms with E-state index in [9.17, 15) is 21.6 Å². The Kier molecular flexibility index (Phi) is 3.46. The lowest BCUT2D eigenvalue weighted by atomic mass is 10.2. The van der Waals surface area contributed by atoms with Crippen LogP contribution in [0.3, 0.4) is 0 Å². The summed E-state index contributed by atoms with van der Waals surface area (Å²) in [5.41, 5.74) is -5.55. The first-order valence-electron chi connectivity index (χ1n) is 5.19. The maximum Gasteiger partial charge on any atom is 0.534 e. The lowest BCUT2D eigenvalue weighted by molar-refractivity contribution is -0.0499. The zero-order chi connectivity index (χ0) is 15.0. The van der Waals surface area contributed by atoms with Gasteiger partial charge in [0.05, 0.1) is 7.11 Å². The topological polar surface area (TPSA) is 65.5 Å². The summed E-state index contributed by atoms with van der Waals surface area (Å²) in [6, 6.07) is 5.41. The van der Waals surface area contributed by atoms with Crippen LogP contribution < -0.4 is 8.92 Å². The summed E-state index contributed by atoms with van der Waals surface area (Å²) in [6.07, 6.45) is 1.30. The lowest BCUT2D eigenvalue weighted by Crippen LogP contribution is -2.28. The summed E-state index contributed by atoms with van der Waals surface area (Å²) >= 11 is 0. The number of alkyl halides is 3. The Morgan fingerprint density at radius 2 is 1.80 bits per heavy atom. The molecule has 0 unspecified atom stereocenters. The van der Waals surface area contributed by atoms with Crippen molar-refractivity contribution >= 4 is 21.0 Å². The number of halogens is 3. The van der Waals surface area contributed by atoms with E-state index in [-0.39, 0.29) is 5.52 Å². The third kappa shape index (κ3) is 2.48. The molecule has 2 rings (SSSR count). The van der Waals surface area contributed by atoms with Crippen molar-refractivity contribution in [3.05, 3.63) is 30.5 Å². The summed E-state index contributed by atoms with van der Waals surface area (Å²) in [4.78, 5) is 3.82. The molecule has 1 heterocycles. The number of methoxy groups -OCH3 is 1. The zero-order valence-electron chi connectivity index (χ0n) is 10.0. The van der Waals surface area contributed by atoms with Crippen molar-refractivity contribution in [1.82, 2.24) is 4.98 Å². The van der Waals surface area contributed by atoms with Crippen LogP contribution in [-0.2, 0) is 10.1 Å². The third-order valence-electron chi connectivity index (χ3n) is 2.40. The average Bonchev–Trinajstić information content (AvgIpc) is 2.37. The molecular formula is C11H8F3NO4S. The molecule has 1 aromatic carbocycles.